The number of nitrogens with one attached hydrogen (secondary N) is 4. The third-order valence-electron chi connectivity index (χ3n) is 2.66. The van der Waals surface area contributed by atoms with Gasteiger partial charge in [-0.25, -0.2) is 9.78 Å². The molecular weight excluding hydrogens is 226 g/mol. The molecule has 0 saturated carbocycles. The van der Waals surface area contributed by atoms with Crippen LogP contribution in [0.25, 0.3) is 11.2 Å². The number of H-pyrrole nitrogens is 3. The number of nitrogens with zero attached hydrogens (tertiary/aromatic N) is 1. The Bertz CT molecular complexity index is 648. The smallest absolute Gasteiger partial charge is 0.327 e. The van der Waals surface area contributed by atoms with E-state index in [9.17, 15) is 9.59 Å². The summed E-state index contributed by atoms with van der Waals surface area (Å²) in [4.78, 5) is 34.3. The molecule has 2 aromatic rings. The van der Waals surface area contributed by atoms with Crippen LogP contribution in [0.15, 0.2) is 9.59 Å². The predicted octanol–water partition coefficient (Wildman–Crippen LogP) is -1.40. The van der Waals surface area contributed by atoms with E-state index in [0.717, 1.165) is 6.54 Å². The second-order valence-corrected chi connectivity index (χ2v) is 3.84. The van der Waals surface area contributed by atoms with E-state index in [1.54, 1.807) is 0 Å². The number of ether oxygens (including phenoxy) is 1. The second-order valence-electron chi connectivity index (χ2n) is 3.84. The standard InChI is InChI=1S/C9H11N5O3/c15-8-5-7(13-9(16)14-8)12-6(11-5)4-3-17-2-1-10-4/h4,10H,1-3H2,(H3,11,12,13,14,15,16). The lowest BCUT2D eigenvalue weighted by molar-refractivity contribution is 0.0746. The Balaban J connectivity index is 2.09. The zero-order chi connectivity index (χ0) is 11.8. The number of hydrogen-bond donors (Lipinski definition) is 4. The fraction of sp³-hybridized carbons (Fsp3) is 0.444. The maximum absolute atomic E-state index is 11.5. The Morgan fingerprint density at radius 1 is 1.24 bits per heavy atom. The highest BCUT2D eigenvalue weighted by molar-refractivity contribution is 5.68. The lowest BCUT2D eigenvalue weighted by Crippen LogP contribution is -2.35. The minimum absolute atomic E-state index is 0.0842. The van der Waals surface area contributed by atoms with E-state index in [4.69, 9.17) is 4.74 Å². The van der Waals surface area contributed by atoms with Crippen LogP contribution in [0.1, 0.15) is 11.9 Å². The molecule has 1 saturated heterocycles. The normalized spacial score (nSPS) is 20.8. The first-order chi connectivity index (χ1) is 8.24. The van der Waals surface area contributed by atoms with Gasteiger partial charge in [0.25, 0.3) is 5.56 Å². The summed E-state index contributed by atoms with van der Waals surface area (Å²) in [6, 6.07) is -0.0842. The molecule has 4 N–H and O–H groups in total. The predicted molar refractivity (Wildman–Crippen MR) is 58.9 cm³/mol. The van der Waals surface area contributed by atoms with Crippen molar-refractivity contribution in [3.63, 3.8) is 0 Å². The molecule has 0 aromatic carbocycles. The van der Waals surface area contributed by atoms with E-state index in [1.807, 2.05) is 0 Å². The zero-order valence-electron chi connectivity index (χ0n) is 8.87. The number of hydrogen-bond acceptors (Lipinski definition) is 5. The second kappa shape index (κ2) is 3.82. The van der Waals surface area contributed by atoms with Gasteiger partial charge in [0.05, 0.1) is 19.3 Å². The molecule has 3 rings (SSSR count). The van der Waals surface area contributed by atoms with Crippen LogP contribution in [-0.4, -0.2) is 39.7 Å². The van der Waals surface area contributed by atoms with Crippen LogP contribution in [0.5, 0.6) is 0 Å². The molecule has 90 valence electrons. The average molecular weight is 237 g/mol. The summed E-state index contributed by atoms with van der Waals surface area (Å²) in [6.45, 7) is 1.88. The van der Waals surface area contributed by atoms with Gasteiger partial charge in [-0.15, -0.1) is 0 Å². The first kappa shape index (κ1) is 10.2. The average Bonchev–Trinajstić information content (AvgIpc) is 2.74. The van der Waals surface area contributed by atoms with E-state index in [2.05, 4.69) is 25.3 Å². The first-order valence-corrected chi connectivity index (χ1v) is 5.27. The van der Waals surface area contributed by atoms with Crippen molar-refractivity contribution in [2.75, 3.05) is 19.8 Å². The van der Waals surface area contributed by atoms with Gasteiger partial charge >= 0.3 is 5.69 Å². The molecule has 8 heteroatoms. The summed E-state index contributed by atoms with van der Waals surface area (Å²) in [5.74, 6) is 0.590. The zero-order valence-corrected chi connectivity index (χ0v) is 8.87. The van der Waals surface area contributed by atoms with Crippen LogP contribution in [0, 0.1) is 0 Å². The highest BCUT2D eigenvalue weighted by Gasteiger charge is 2.19. The SMILES string of the molecule is O=c1[nH]c(=O)c2[nH]c(C3COCCN3)nc2[nH]1. The van der Waals surface area contributed by atoms with Gasteiger partial charge in [0.2, 0.25) is 0 Å². The van der Waals surface area contributed by atoms with Crippen LogP contribution in [0.4, 0.5) is 0 Å². The van der Waals surface area contributed by atoms with Crippen molar-refractivity contribution in [3.05, 3.63) is 26.7 Å². The fourth-order valence-corrected chi connectivity index (χ4v) is 1.86. The van der Waals surface area contributed by atoms with Crippen LogP contribution in [0.3, 0.4) is 0 Å². The molecular formula is C9H11N5O3. The molecule has 3 heterocycles. The van der Waals surface area contributed by atoms with E-state index in [0.29, 0.717) is 19.0 Å². The van der Waals surface area contributed by atoms with Crippen LogP contribution in [-0.2, 0) is 4.74 Å². The summed E-state index contributed by atoms with van der Waals surface area (Å²) < 4.78 is 5.31. The minimum atomic E-state index is -0.562. The van der Waals surface area contributed by atoms with Crippen LogP contribution in [0.2, 0.25) is 0 Å². The summed E-state index contributed by atoms with van der Waals surface area (Å²) in [6.07, 6.45) is 0. The van der Waals surface area contributed by atoms with Gasteiger partial charge in [-0.1, -0.05) is 0 Å². The molecule has 0 aliphatic carbocycles. The molecule has 1 aliphatic heterocycles. The van der Waals surface area contributed by atoms with Crippen molar-refractivity contribution in [3.8, 4) is 0 Å². The third-order valence-corrected chi connectivity index (χ3v) is 2.66. The van der Waals surface area contributed by atoms with Crippen molar-refractivity contribution in [1.29, 1.82) is 0 Å². The summed E-state index contributed by atoms with van der Waals surface area (Å²) in [5.41, 5.74) is -0.499. The van der Waals surface area contributed by atoms with Gasteiger partial charge in [0, 0.05) is 6.54 Å². The van der Waals surface area contributed by atoms with Crippen molar-refractivity contribution < 1.29 is 4.74 Å². The molecule has 0 radical (unpaired) electrons. The molecule has 0 amide bonds. The molecule has 1 aliphatic rings. The molecule has 17 heavy (non-hydrogen) atoms. The minimum Gasteiger partial charge on any atom is -0.378 e. The maximum Gasteiger partial charge on any atom is 0.327 e. The van der Waals surface area contributed by atoms with E-state index in [1.165, 1.54) is 0 Å². The molecule has 0 bridgehead atoms. The number of rotatable bonds is 1. The molecule has 0 spiro atoms. The van der Waals surface area contributed by atoms with Gasteiger partial charge in [-0.3, -0.25) is 14.8 Å². The highest BCUT2D eigenvalue weighted by atomic mass is 16.5. The van der Waals surface area contributed by atoms with E-state index >= 15 is 0 Å². The Morgan fingerprint density at radius 3 is 2.88 bits per heavy atom. The summed E-state index contributed by atoms with van der Waals surface area (Å²) >= 11 is 0. The molecule has 1 fully saturated rings. The summed E-state index contributed by atoms with van der Waals surface area (Å²) in [7, 11) is 0. The largest absolute Gasteiger partial charge is 0.378 e. The van der Waals surface area contributed by atoms with E-state index < -0.39 is 11.2 Å². The van der Waals surface area contributed by atoms with Crippen LogP contribution < -0.4 is 16.6 Å². The van der Waals surface area contributed by atoms with Gasteiger partial charge in [-0.05, 0) is 0 Å². The number of imidazole rings is 1. The van der Waals surface area contributed by atoms with Crippen LogP contribution >= 0.6 is 0 Å². The Labute approximate surface area is 94.4 Å². The maximum atomic E-state index is 11.5. The van der Waals surface area contributed by atoms with Gasteiger partial charge in [0.1, 0.15) is 11.3 Å². The Hall–Kier alpha value is -1.93. The van der Waals surface area contributed by atoms with E-state index in [-0.39, 0.29) is 17.2 Å². The number of aromatic nitrogens is 4. The quantitative estimate of drug-likeness (QED) is 0.487. The molecule has 1 atom stereocenters. The van der Waals surface area contributed by atoms with Crippen molar-refractivity contribution in [2.24, 2.45) is 0 Å². The molecule has 1 unspecified atom stereocenters. The number of morpholine rings is 1. The van der Waals surface area contributed by atoms with Gasteiger partial charge in [0.15, 0.2) is 5.65 Å². The first-order valence-electron chi connectivity index (χ1n) is 5.27. The lowest BCUT2D eigenvalue weighted by atomic mass is 10.3. The fourth-order valence-electron chi connectivity index (χ4n) is 1.86. The highest BCUT2D eigenvalue weighted by Crippen LogP contribution is 2.13. The Kier molecular flexibility index (Phi) is 2.30. The monoisotopic (exact) mass is 237 g/mol. The number of aromatic amines is 3. The Morgan fingerprint density at radius 2 is 2.12 bits per heavy atom. The molecule has 8 nitrogen and oxygen atoms in total. The topological polar surface area (TPSA) is 116 Å². The van der Waals surface area contributed by atoms with Crippen molar-refractivity contribution in [2.45, 2.75) is 6.04 Å². The summed E-state index contributed by atoms with van der Waals surface area (Å²) in [5, 5.41) is 3.21. The van der Waals surface area contributed by atoms with Gasteiger partial charge < -0.3 is 15.0 Å². The van der Waals surface area contributed by atoms with Crippen molar-refractivity contribution in [1.82, 2.24) is 25.3 Å². The van der Waals surface area contributed by atoms with Crippen molar-refractivity contribution >= 4 is 11.2 Å². The number of fused-ring (bicyclic) bond motifs is 1. The van der Waals surface area contributed by atoms with Gasteiger partial charge in [-0.2, -0.15) is 0 Å². The third kappa shape index (κ3) is 1.77. The molecule has 2 aromatic heterocycles. The lowest BCUT2D eigenvalue weighted by Gasteiger charge is -2.21.